The fraction of sp³-hybridized carbons (Fsp3) is 0.611. The molecule has 1 aromatic carbocycles. The molecule has 1 saturated heterocycles. The van der Waals surface area contributed by atoms with Crippen molar-refractivity contribution in [2.45, 2.75) is 51.0 Å². The first-order valence-corrected chi connectivity index (χ1v) is 10.4. The number of hydrogen-bond donors (Lipinski definition) is 2. The third kappa shape index (κ3) is 6.09. The summed E-state index contributed by atoms with van der Waals surface area (Å²) in [7, 11) is -3.52. The van der Waals surface area contributed by atoms with Crippen LogP contribution in [-0.2, 0) is 14.8 Å². The van der Waals surface area contributed by atoms with Crippen molar-refractivity contribution in [3.05, 3.63) is 24.3 Å². The third-order valence-electron chi connectivity index (χ3n) is 4.53. The van der Waals surface area contributed by atoms with Crippen molar-refractivity contribution in [1.29, 1.82) is 0 Å². The Morgan fingerprint density at radius 2 is 2.00 bits per heavy atom. The molecule has 0 aliphatic carbocycles. The minimum Gasteiger partial charge on any atom is -0.325 e. The fourth-order valence-corrected chi connectivity index (χ4v) is 4.29. The minimum absolute atomic E-state index is 0.0672. The van der Waals surface area contributed by atoms with E-state index < -0.39 is 10.0 Å². The molecule has 0 radical (unpaired) electrons. The number of piperidine rings is 1. The molecule has 0 aromatic heterocycles. The normalized spacial score (nSPS) is 20.2. The Morgan fingerprint density at radius 3 is 2.60 bits per heavy atom. The zero-order valence-corrected chi connectivity index (χ0v) is 16.1. The molecule has 1 aliphatic rings. The van der Waals surface area contributed by atoms with Crippen LogP contribution in [0.25, 0.3) is 0 Å². The van der Waals surface area contributed by atoms with Gasteiger partial charge in [-0.3, -0.25) is 9.69 Å². The second-order valence-electron chi connectivity index (χ2n) is 6.99. The van der Waals surface area contributed by atoms with Crippen LogP contribution in [0.4, 0.5) is 5.69 Å². The summed E-state index contributed by atoms with van der Waals surface area (Å²) in [6.45, 7) is 8.24. The van der Waals surface area contributed by atoms with Crippen LogP contribution in [0.3, 0.4) is 0 Å². The lowest BCUT2D eigenvalue weighted by Crippen LogP contribution is -2.39. The molecule has 2 N–H and O–H groups in total. The van der Waals surface area contributed by atoms with Crippen molar-refractivity contribution < 1.29 is 13.2 Å². The van der Waals surface area contributed by atoms with Crippen LogP contribution < -0.4 is 10.0 Å². The second kappa shape index (κ2) is 8.78. The summed E-state index contributed by atoms with van der Waals surface area (Å²) in [5, 5.41) is 2.84. The molecule has 140 valence electrons. The van der Waals surface area contributed by atoms with Gasteiger partial charge in [-0.25, -0.2) is 13.1 Å². The van der Waals surface area contributed by atoms with E-state index in [2.05, 4.69) is 21.9 Å². The van der Waals surface area contributed by atoms with Crippen LogP contribution in [0.5, 0.6) is 0 Å². The number of anilines is 1. The number of hydrogen-bond acceptors (Lipinski definition) is 4. The summed E-state index contributed by atoms with van der Waals surface area (Å²) in [6.07, 6.45) is 3.07. The number of amides is 1. The lowest BCUT2D eigenvalue weighted by atomic mass is 10.0. The Bertz CT molecular complexity index is 673. The number of benzene rings is 1. The summed E-state index contributed by atoms with van der Waals surface area (Å²) in [4.78, 5) is 14.5. The highest BCUT2D eigenvalue weighted by atomic mass is 32.2. The van der Waals surface area contributed by atoms with Gasteiger partial charge in [-0.05, 0) is 62.9 Å². The monoisotopic (exact) mass is 367 g/mol. The summed E-state index contributed by atoms with van der Waals surface area (Å²) in [6, 6.07) is 6.17. The van der Waals surface area contributed by atoms with E-state index in [1.54, 1.807) is 12.1 Å². The first kappa shape index (κ1) is 19.9. The molecule has 1 aliphatic heterocycles. The number of rotatable bonds is 7. The summed E-state index contributed by atoms with van der Waals surface area (Å²) < 4.78 is 27.1. The van der Waals surface area contributed by atoms with Gasteiger partial charge in [0.2, 0.25) is 15.9 Å². The SMILES string of the molecule is CC[C@@H](C)NS(=O)(=O)c1ccc(NC(=O)CN2CCC[C@@H](C)C2)cc1. The molecule has 1 amide bonds. The van der Waals surface area contributed by atoms with Crippen molar-refractivity contribution in [2.24, 2.45) is 5.92 Å². The smallest absolute Gasteiger partial charge is 0.240 e. The summed E-state index contributed by atoms with van der Waals surface area (Å²) in [5.74, 6) is 0.562. The highest BCUT2D eigenvalue weighted by Crippen LogP contribution is 2.17. The highest BCUT2D eigenvalue weighted by molar-refractivity contribution is 7.89. The molecule has 2 rings (SSSR count). The second-order valence-corrected chi connectivity index (χ2v) is 8.70. The largest absolute Gasteiger partial charge is 0.325 e. The molecule has 0 bridgehead atoms. The van der Waals surface area contributed by atoms with Gasteiger partial charge in [0.15, 0.2) is 0 Å². The van der Waals surface area contributed by atoms with Gasteiger partial charge in [0, 0.05) is 18.3 Å². The number of nitrogens with one attached hydrogen (secondary N) is 2. The molecule has 0 saturated carbocycles. The zero-order chi connectivity index (χ0) is 18.4. The van der Waals surface area contributed by atoms with Crippen LogP contribution in [-0.4, -0.2) is 44.9 Å². The number of likely N-dealkylation sites (tertiary alicyclic amines) is 1. The van der Waals surface area contributed by atoms with Gasteiger partial charge in [-0.15, -0.1) is 0 Å². The molecule has 1 fully saturated rings. The van der Waals surface area contributed by atoms with Crippen LogP contribution in [0, 0.1) is 5.92 Å². The number of sulfonamides is 1. The molecule has 6 nitrogen and oxygen atoms in total. The van der Waals surface area contributed by atoms with Gasteiger partial charge in [0.1, 0.15) is 0 Å². The van der Waals surface area contributed by atoms with E-state index in [0.717, 1.165) is 25.9 Å². The first-order chi connectivity index (χ1) is 11.8. The predicted molar refractivity (Wildman–Crippen MR) is 100.0 cm³/mol. The van der Waals surface area contributed by atoms with Gasteiger partial charge in [-0.1, -0.05) is 13.8 Å². The van der Waals surface area contributed by atoms with Crippen molar-refractivity contribution >= 4 is 21.6 Å². The molecule has 0 spiro atoms. The topological polar surface area (TPSA) is 78.5 Å². The lowest BCUT2D eigenvalue weighted by molar-refractivity contribution is -0.117. The fourth-order valence-electron chi connectivity index (χ4n) is 2.97. The molecular formula is C18H29N3O3S. The van der Waals surface area contributed by atoms with Crippen LogP contribution >= 0.6 is 0 Å². The number of nitrogens with zero attached hydrogens (tertiary/aromatic N) is 1. The minimum atomic E-state index is -3.52. The van der Waals surface area contributed by atoms with Crippen LogP contribution in [0.1, 0.15) is 40.0 Å². The Balaban J connectivity index is 1.92. The summed E-state index contributed by atoms with van der Waals surface area (Å²) >= 11 is 0. The Kier molecular flexibility index (Phi) is 6.98. The van der Waals surface area contributed by atoms with Crippen molar-refractivity contribution in [2.75, 3.05) is 25.0 Å². The molecule has 25 heavy (non-hydrogen) atoms. The standard InChI is InChI=1S/C18H29N3O3S/c1-4-15(3)20-25(23,24)17-9-7-16(8-10-17)19-18(22)13-21-11-5-6-14(2)12-21/h7-10,14-15,20H,4-6,11-13H2,1-3H3,(H,19,22)/t14-,15-/m1/s1. The highest BCUT2D eigenvalue weighted by Gasteiger charge is 2.19. The van der Waals surface area contributed by atoms with E-state index in [4.69, 9.17) is 0 Å². The zero-order valence-electron chi connectivity index (χ0n) is 15.3. The van der Waals surface area contributed by atoms with Gasteiger partial charge < -0.3 is 5.32 Å². The quantitative estimate of drug-likeness (QED) is 0.776. The van der Waals surface area contributed by atoms with E-state index >= 15 is 0 Å². The molecule has 7 heteroatoms. The lowest BCUT2D eigenvalue weighted by Gasteiger charge is -2.30. The van der Waals surface area contributed by atoms with Crippen LogP contribution in [0.2, 0.25) is 0 Å². The van der Waals surface area contributed by atoms with E-state index in [-0.39, 0.29) is 16.8 Å². The van der Waals surface area contributed by atoms with Gasteiger partial charge in [0.25, 0.3) is 0 Å². The molecule has 2 atom stereocenters. The first-order valence-electron chi connectivity index (χ1n) is 8.94. The van der Waals surface area contributed by atoms with Gasteiger partial charge in [-0.2, -0.15) is 0 Å². The summed E-state index contributed by atoms with van der Waals surface area (Å²) in [5.41, 5.74) is 0.609. The third-order valence-corrected chi connectivity index (χ3v) is 6.13. The van der Waals surface area contributed by atoms with E-state index in [1.165, 1.54) is 18.6 Å². The van der Waals surface area contributed by atoms with Gasteiger partial charge in [0.05, 0.1) is 11.4 Å². The van der Waals surface area contributed by atoms with Crippen LogP contribution in [0.15, 0.2) is 29.2 Å². The predicted octanol–water partition coefficient (Wildman–Crippen LogP) is 2.43. The van der Waals surface area contributed by atoms with Crippen molar-refractivity contribution in [1.82, 2.24) is 9.62 Å². The van der Waals surface area contributed by atoms with E-state index in [9.17, 15) is 13.2 Å². The number of carbonyl (C=O) groups excluding carboxylic acids is 1. The average molecular weight is 368 g/mol. The molecule has 1 aromatic rings. The molecule has 0 unspecified atom stereocenters. The van der Waals surface area contributed by atoms with Crippen molar-refractivity contribution in [3.8, 4) is 0 Å². The van der Waals surface area contributed by atoms with Crippen molar-refractivity contribution in [3.63, 3.8) is 0 Å². The maximum atomic E-state index is 12.2. The Hall–Kier alpha value is -1.44. The maximum Gasteiger partial charge on any atom is 0.240 e. The molecular weight excluding hydrogens is 338 g/mol. The Morgan fingerprint density at radius 1 is 1.32 bits per heavy atom. The van der Waals surface area contributed by atoms with E-state index in [0.29, 0.717) is 18.2 Å². The molecule has 1 heterocycles. The van der Waals surface area contributed by atoms with Gasteiger partial charge >= 0.3 is 0 Å². The average Bonchev–Trinajstić information content (AvgIpc) is 2.54. The number of carbonyl (C=O) groups is 1. The maximum absolute atomic E-state index is 12.2. The van der Waals surface area contributed by atoms with E-state index in [1.807, 2.05) is 13.8 Å². The Labute approximate surface area is 151 Å².